The summed E-state index contributed by atoms with van der Waals surface area (Å²) in [4.78, 5) is 40.1. The van der Waals surface area contributed by atoms with E-state index < -0.39 is 0 Å². The number of nitrogens with zero attached hydrogens (tertiary/aromatic N) is 8. The fourth-order valence-corrected chi connectivity index (χ4v) is 4.90. The van der Waals surface area contributed by atoms with Crippen LogP contribution in [0.3, 0.4) is 0 Å². The number of benzene rings is 1. The van der Waals surface area contributed by atoms with Crippen LogP contribution >= 0.6 is 0 Å². The Kier molecular flexibility index (Phi) is 4.75. The number of anilines is 2. The molecule has 11 nitrogen and oxygen atoms in total. The average molecular weight is 457 g/mol. The largest absolute Gasteiger partial charge is 0.368 e. The second-order valence-electron chi connectivity index (χ2n) is 8.41. The van der Waals surface area contributed by atoms with Crippen LogP contribution in [0.25, 0.3) is 33.6 Å². The molecule has 0 atom stereocenters. The molecule has 6 rings (SSSR count). The molecule has 11 heteroatoms. The molecule has 0 amide bonds. The van der Waals surface area contributed by atoms with Crippen molar-refractivity contribution in [1.82, 2.24) is 39.0 Å². The lowest BCUT2D eigenvalue weighted by Gasteiger charge is -2.33. The highest BCUT2D eigenvalue weighted by Gasteiger charge is 2.27. The number of nitrogens with one attached hydrogen (secondary N) is 1. The zero-order valence-electron chi connectivity index (χ0n) is 18.7. The smallest absolute Gasteiger partial charge is 0.326 e. The fraction of sp³-hybridized carbons (Fsp3) is 0.304. The molecule has 172 valence electrons. The minimum Gasteiger partial charge on any atom is -0.368 e. The van der Waals surface area contributed by atoms with Crippen LogP contribution in [-0.2, 0) is 6.54 Å². The molecular formula is C23H24N10O. The number of aryl methyl sites for hydroxylation is 1. The lowest BCUT2D eigenvalue weighted by Crippen LogP contribution is -2.37. The Balaban J connectivity index is 1.33. The number of hydrogen-bond donors (Lipinski definition) is 2. The zero-order chi connectivity index (χ0) is 23.2. The lowest BCUT2D eigenvalue weighted by atomic mass is 10.0. The molecule has 0 spiro atoms. The topological polar surface area (TPSA) is 136 Å². The number of aromatic amines is 1. The van der Waals surface area contributed by atoms with Crippen LogP contribution in [0.1, 0.15) is 25.8 Å². The van der Waals surface area contributed by atoms with Crippen molar-refractivity contribution < 1.29 is 0 Å². The van der Waals surface area contributed by atoms with Crippen molar-refractivity contribution in [2.75, 3.05) is 23.7 Å². The molecule has 1 fully saturated rings. The van der Waals surface area contributed by atoms with Crippen molar-refractivity contribution in [1.29, 1.82) is 0 Å². The number of rotatable bonds is 4. The number of imidazole rings is 2. The van der Waals surface area contributed by atoms with Gasteiger partial charge in [0.2, 0.25) is 5.95 Å². The highest BCUT2D eigenvalue weighted by Crippen LogP contribution is 2.32. The Labute approximate surface area is 194 Å². The van der Waals surface area contributed by atoms with Gasteiger partial charge in [-0.05, 0) is 31.9 Å². The van der Waals surface area contributed by atoms with Crippen LogP contribution in [0, 0.1) is 0 Å². The predicted molar refractivity (Wildman–Crippen MR) is 129 cm³/mol. The third-order valence-electron chi connectivity index (χ3n) is 6.51. The maximum Gasteiger partial charge on any atom is 0.326 e. The summed E-state index contributed by atoms with van der Waals surface area (Å²) in [6.45, 7) is 4.28. The summed E-state index contributed by atoms with van der Waals surface area (Å²) in [5.74, 6) is 1.76. The van der Waals surface area contributed by atoms with Gasteiger partial charge < -0.3 is 20.2 Å². The fourth-order valence-electron chi connectivity index (χ4n) is 4.90. The number of nitrogen functional groups attached to an aromatic ring is 1. The van der Waals surface area contributed by atoms with Gasteiger partial charge in [-0.1, -0.05) is 12.1 Å². The predicted octanol–water partition coefficient (Wildman–Crippen LogP) is 2.37. The molecule has 4 aromatic heterocycles. The van der Waals surface area contributed by atoms with Gasteiger partial charge in [0.05, 0.1) is 16.6 Å². The van der Waals surface area contributed by atoms with E-state index in [9.17, 15) is 4.79 Å². The van der Waals surface area contributed by atoms with Crippen LogP contribution in [0.2, 0.25) is 0 Å². The Morgan fingerprint density at radius 2 is 1.85 bits per heavy atom. The molecule has 0 saturated carbocycles. The molecule has 34 heavy (non-hydrogen) atoms. The van der Waals surface area contributed by atoms with Gasteiger partial charge in [-0.3, -0.25) is 4.57 Å². The highest BCUT2D eigenvalue weighted by atomic mass is 16.1. The number of fused-ring (bicyclic) bond motifs is 2. The second-order valence-corrected chi connectivity index (χ2v) is 8.41. The third kappa shape index (κ3) is 3.19. The minimum atomic E-state index is -0.0545. The van der Waals surface area contributed by atoms with Gasteiger partial charge in [-0.15, -0.1) is 0 Å². The van der Waals surface area contributed by atoms with Crippen LogP contribution in [0.5, 0.6) is 0 Å². The standard InChI is InChI=1S/C23H24N10O/c1-2-32-19(14-11-25-22(24)26-12-14)30-18-20(27-13-28-21(18)32)31-9-7-15(8-10-31)33-17-6-4-3-5-16(17)29-23(33)34/h3-6,11-13,15H,2,7-10H2,1H3,(H,29,34)(H2,24,25,26). The van der Waals surface area contributed by atoms with Gasteiger partial charge in [-0.25, -0.2) is 29.7 Å². The Morgan fingerprint density at radius 3 is 2.62 bits per heavy atom. The molecule has 1 aliphatic rings. The van der Waals surface area contributed by atoms with E-state index in [-0.39, 0.29) is 17.7 Å². The van der Waals surface area contributed by atoms with Crippen LogP contribution in [0.4, 0.5) is 11.8 Å². The summed E-state index contributed by atoms with van der Waals surface area (Å²) in [6, 6.07) is 7.97. The van der Waals surface area contributed by atoms with Crippen molar-refractivity contribution in [2.24, 2.45) is 0 Å². The molecule has 3 N–H and O–H groups in total. The number of para-hydroxylation sites is 2. The van der Waals surface area contributed by atoms with E-state index in [0.717, 1.165) is 65.3 Å². The van der Waals surface area contributed by atoms with E-state index in [1.807, 2.05) is 33.4 Å². The van der Waals surface area contributed by atoms with E-state index in [2.05, 4.69) is 36.7 Å². The van der Waals surface area contributed by atoms with Crippen LogP contribution in [0.15, 0.2) is 47.8 Å². The summed E-state index contributed by atoms with van der Waals surface area (Å²) in [7, 11) is 0. The maximum absolute atomic E-state index is 12.6. The average Bonchev–Trinajstić information content (AvgIpc) is 3.41. The number of aromatic nitrogens is 8. The van der Waals surface area contributed by atoms with Gasteiger partial charge in [-0.2, -0.15) is 0 Å². The first-order valence-electron chi connectivity index (χ1n) is 11.4. The van der Waals surface area contributed by atoms with Crippen molar-refractivity contribution in [3.05, 3.63) is 53.5 Å². The summed E-state index contributed by atoms with van der Waals surface area (Å²) in [6.07, 6.45) is 6.60. The molecular weight excluding hydrogens is 432 g/mol. The van der Waals surface area contributed by atoms with E-state index in [0.29, 0.717) is 6.54 Å². The van der Waals surface area contributed by atoms with E-state index in [1.54, 1.807) is 18.7 Å². The zero-order valence-corrected chi connectivity index (χ0v) is 18.7. The van der Waals surface area contributed by atoms with Gasteiger partial charge in [0.1, 0.15) is 12.2 Å². The maximum atomic E-state index is 12.6. The normalized spacial score (nSPS) is 14.9. The Morgan fingerprint density at radius 1 is 1.09 bits per heavy atom. The van der Waals surface area contributed by atoms with Crippen LogP contribution in [-0.4, -0.2) is 52.1 Å². The van der Waals surface area contributed by atoms with Crippen molar-refractivity contribution in [3.8, 4) is 11.4 Å². The first-order chi connectivity index (χ1) is 16.6. The van der Waals surface area contributed by atoms with E-state index in [4.69, 9.17) is 10.7 Å². The number of H-pyrrole nitrogens is 1. The summed E-state index contributed by atoms with van der Waals surface area (Å²) < 4.78 is 3.93. The molecule has 0 unspecified atom stereocenters. The second kappa shape index (κ2) is 7.94. The summed E-state index contributed by atoms with van der Waals surface area (Å²) in [5, 5.41) is 0. The van der Waals surface area contributed by atoms with Gasteiger partial charge in [0.25, 0.3) is 0 Å². The van der Waals surface area contributed by atoms with Crippen molar-refractivity contribution >= 4 is 34.0 Å². The third-order valence-corrected chi connectivity index (χ3v) is 6.51. The molecule has 1 saturated heterocycles. The SMILES string of the molecule is CCn1c(-c2cnc(N)nc2)nc2c(N3CCC(n4c(=O)[nH]c5ccccc54)CC3)ncnc21. The van der Waals surface area contributed by atoms with Crippen LogP contribution < -0.4 is 16.3 Å². The summed E-state index contributed by atoms with van der Waals surface area (Å²) >= 11 is 0. The van der Waals surface area contributed by atoms with Crippen molar-refractivity contribution in [3.63, 3.8) is 0 Å². The molecule has 0 bridgehead atoms. The monoisotopic (exact) mass is 456 g/mol. The number of hydrogen-bond acceptors (Lipinski definition) is 8. The van der Waals surface area contributed by atoms with Crippen molar-refractivity contribution in [2.45, 2.75) is 32.4 Å². The molecule has 1 aromatic carbocycles. The molecule has 5 aromatic rings. The number of nitrogens with two attached hydrogens (primary N) is 1. The molecule has 5 heterocycles. The highest BCUT2D eigenvalue weighted by molar-refractivity contribution is 5.87. The van der Waals surface area contributed by atoms with E-state index in [1.165, 1.54) is 0 Å². The number of piperidine rings is 1. The Hall–Kier alpha value is -4.28. The minimum absolute atomic E-state index is 0.0545. The van der Waals surface area contributed by atoms with Gasteiger partial charge in [0, 0.05) is 38.1 Å². The molecule has 1 aliphatic heterocycles. The van der Waals surface area contributed by atoms with Gasteiger partial charge in [0.15, 0.2) is 17.0 Å². The van der Waals surface area contributed by atoms with Gasteiger partial charge >= 0.3 is 5.69 Å². The molecule has 0 radical (unpaired) electrons. The first-order valence-corrected chi connectivity index (χ1v) is 11.4. The Bertz CT molecular complexity index is 1540. The molecule has 0 aliphatic carbocycles. The lowest BCUT2D eigenvalue weighted by molar-refractivity contribution is 0.395. The quantitative estimate of drug-likeness (QED) is 0.421. The van der Waals surface area contributed by atoms with E-state index >= 15 is 0 Å². The summed E-state index contributed by atoms with van der Waals surface area (Å²) in [5.41, 5.74) is 9.72. The first kappa shape index (κ1) is 20.3.